The van der Waals surface area contributed by atoms with Gasteiger partial charge < -0.3 is 9.32 Å². The molecule has 0 N–H and O–H groups in total. The number of aromatic nitrogens is 2. The molecule has 0 saturated carbocycles. The lowest BCUT2D eigenvalue weighted by Gasteiger charge is -2.40. The van der Waals surface area contributed by atoms with Crippen molar-refractivity contribution in [3.8, 4) is 0 Å². The van der Waals surface area contributed by atoms with E-state index in [4.69, 9.17) is 4.42 Å². The van der Waals surface area contributed by atoms with Gasteiger partial charge in [-0.1, -0.05) is 68.4 Å². The van der Waals surface area contributed by atoms with Gasteiger partial charge in [-0.05, 0) is 29.0 Å². The van der Waals surface area contributed by atoms with E-state index in [1.165, 1.54) is 11.1 Å². The smallest absolute Gasteiger partial charge is 0.224 e. The lowest BCUT2D eigenvalue weighted by Crippen LogP contribution is -2.42. The van der Waals surface area contributed by atoms with Gasteiger partial charge in [-0.3, -0.25) is 4.79 Å². The predicted octanol–water partition coefficient (Wildman–Crippen LogP) is 4.68. The van der Waals surface area contributed by atoms with Crippen LogP contribution < -0.4 is 0 Å². The van der Waals surface area contributed by atoms with E-state index in [1.807, 2.05) is 35.2 Å². The quantitative estimate of drug-likeness (QED) is 0.636. The Morgan fingerprint density at radius 2 is 1.83 bits per heavy atom. The van der Waals surface area contributed by atoms with Crippen LogP contribution in [0.4, 0.5) is 0 Å². The normalized spacial score (nSPS) is 17.2. The molecular weight excluding hydrogens is 362 g/mol. The van der Waals surface area contributed by atoms with Crippen molar-refractivity contribution in [2.75, 3.05) is 6.54 Å². The van der Waals surface area contributed by atoms with Crippen LogP contribution in [0.2, 0.25) is 0 Å². The fourth-order valence-electron chi connectivity index (χ4n) is 4.37. The Morgan fingerprint density at radius 3 is 2.52 bits per heavy atom. The first kappa shape index (κ1) is 19.4. The summed E-state index contributed by atoms with van der Waals surface area (Å²) < 4.78 is 5.73. The Hall–Kier alpha value is -2.95. The zero-order valence-electron chi connectivity index (χ0n) is 17.2. The summed E-state index contributed by atoms with van der Waals surface area (Å²) in [7, 11) is 0. The van der Waals surface area contributed by atoms with E-state index in [1.54, 1.807) is 6.92 Å². The zero-order valence-corrected chi connectivity index (χ0v) is 17.2. The number of carbonyl (C=O) groups excluding carboxylic acids is 1. The molecule has 5 heteroatoms. The Bertz CT molecular complexity index is 981. The number of hydrogen-bond donors (Lipinski definition) is 0. The van der Waals surface area contributed by atoms with Gasteiger partial charge >= 0.3 is 0 Å². The topological polar surface area (TPSA) is 59.2 Å². The van der Waals surface area contributed by atoms with Crippen LogP contribution in [0.1, 0.15) is 60.7 Å². The van der Waals surface area contributed by atoms with Gasteiger partial charge in [0.05, 0.1) is 12.0 Å². The summed E-state index contributed by atoms with van der Waals surface area (Å²) in [5.74, 6) is 1.24. The SMILES string of the molecule is Cc1nnc(C(CC(=O)N2CCc3ccccc3C2C(C)C)c2ccccc2)o1. The van der Waals surface area contributed by atoms with E-state index >= 15 is 0 Å². The van der Waals surface area contributed by atoms with Crippen LogP contribution in [-0.4, -0.2) is 27.5 Å². The van der Waals surface area contributed by atoms with Crippen LogP contribution in [0, 0.1) is 12.8 Å². The molecule has 3 aromatic rings. The Balaban J connectivity index is 1.64. The second-order valence-corrected chi connectivity index (χ2v) is 8.05. The Kier molecular flexibility index (Phi) is 5.47. The van der Waals surface area contributed by atoms with E-state index in [9.17, 15) is 4.79 Å². The first-order valence-corrected chi connectivity index (χ1v) is 10.3. The van der Waals surface area contributed by atoms with Gasteiger partial charge in [0, 0.05) is 19.9 Å². The molecule has 2 unspecified atom stereocenters. The highest BCUT2D eigenvalue weighted by Gasteiger charge is 2.34. The third-order valence-corrected chi connectivity index (χ3v) is 5.70. The Labute approximate surface area is 171 Å². The summed E-state index contributed by atoms with van der Waals surface area (Å²) in [6, 6.07) is 18.5. The van der Waals surface area contributed by atoms with Crippen LogP contribution in [0.3, 0.4) is 0 Å². The van der Waals surface area contributed by atoms with Crippen LogP contribution >= 0.6 is 0 Å². The zero-order chi connectivity index (χ0) is 20.4. The second-order valence-electron chi connectivity index (χ2n) is 8.05. The van der Waals surface area contributed by atoms with Crippen molar-refractivity contribution in [3.05, 3.63) is 83.1 Å². The largest absolute Gasteiger partial charge is 0.425 e. The first-order chi connectivity index (χ1) is 14.0. The van der Waals surface area contributed by atoms with Crippen molar-refractivity contribution in [3.63, 3.8) is 0 Å². The maximum atomic E-state index is 13.5. The minimum atomic E-state index is -0.241. The van der Waals surface area contributed by atoms with E-state index in [0.717, 1.165) is 18.5 Å². The molecule has 2 heterocycles. The molecule has 1 amide bonds. The molecule has 4 rings (SSSR count). The molecule has 1 aromatic heterocycles. The highest BCUT2D eigenvalue weighted by atomic mass is 16.4. The Morgan fingerprint density at radius 1 is 1.10 bits per heavy atom. The number of benzene rings is 2. The molecule has 2 atom stereocenters. The van der Waals surface area contributed by atoms with Gasteiger partial charge in [0.2, 0.25) is 17.7 Å². The molecule has 0 bridgehead atoms. The van der Waals surface area contributed by atoms with Gasteiger partial charge in [0.25, 0.3) is 0 Å². The van der Waals surface area contributed by atoms with Gasteiger partial charge in [-0.25, -0.2) is 0 Å². The number of fused-ring (bicyclic) bond motifs is 1. The minimum absolute atomic E-state index is 0.0910. The number of aryl methyl sites for hydroxylation is 1. The van der Waals surface area contributed by atoms with Crippen LogP contribution in [0.25, 0.3) is 0 Å². The average Bonchev–Trinajstić information content (AvgIpc) is 3.17. The molecule has 0 aliphatic carbocycles. The molecule has 0 saturated heterocycles. The van der Waals surface area contributed by atoms with Crippen molar-refractivity contribution in [2.24, 2.45) is 5.92 Å². The fourth-order valence-corrected chi connectivity index (χ4v) is 4.37. The van der Waals surface area contributed by atoms with E-state index in [2.05, 4.69) is 48.3 Å². The molecule has 2 aromatic carbocycles. The highest BCUT2D eigenvalue weighted by molar-refractivity contribution is 5.78. The van der Waals surface area contributed by atoms with E-state index < -0.39 is 0 Å². The number of amides is 1. The monoisotopic (exact) mass is 389 g/mol. The van der Waals surface area contributed by atoms with Crippen molar-refractivity contribution in [2.45, 2.75) is 45.6 Å². The van der Waals surface area contributed by atoms with E-state index in [-0.39, 0.29) is 17.9 Å². The molecule has 0 fully saturated rings. The summed E-state index contributed by atoms with van der Waals surface area (Å²) in [4.78, 5) is 15.6. The highest BCUT2D eigenvalue weighted by Crippen LogP contribution is 2.37. The average molecular weight is 389 g/mol. The summed E-state index contributed by atoms with van der Waals surface area (Å²) in [5.41, 5.74) is 3.64. The predicted molar refractivity (Wildman–Crippen MR) is 111 cm³/mol. The number of rotatable bonds is 5. The molecule has 29 heavy (non-hydrogen) atoms. The molecule has 150 valence electrons. The molecule has 0 spiro atoms. The summed E-state index contributed by atoms with van der Waals surface area (Å²) in [6.07, 6.45) is 1.21. The summed E-state index contributed by atoms with van der Waals surface area (Å²) >= 11 is 0. The number of nitrogens with zero attached hydrogens (tertiary/aromatic N) is 3. The second kappa shape index (κ2) is 8.19. The minimum Gasteiger partial charge on any atom is -0.425 e. The van der Waals surface area contributed by atoms with Gasteiger partial charge in [-0.15, -0.1) is 10.2 Å². The van der Waals surface area contributed by atoms with E-state index in [0.29, 0.717) is 24.1 Å². The summed E-state index contributed by atoms with van der Waals surface area (Å²) in [6.45, 7) is 6.88. The number of carbonyl (C=O) groups is 1. The van der Waals surface area contributed by atoms with Gasteiger partial charge in [0.1, 0.15) is 0 Å². The van der Waals surface area contributed by atoms with Crippen molar-refractivity contribution in [1.82, 2.24) is 15.1 Å². The van der Waals surface area contributed by atoms with Crippen LogP contribution in [0.15, 0.2) is 59.0 Å². The molecule has 1 aliphatic heterocycles. The fraction of sp³-hybridized carbons (Fsp3) is 0.375. The lowest BCUT2D eigenvalue weighted by molar-refractivity contribution is -0.135. The first-order valence-electron chi connectivity index (χ1n) is 10.3. The summed E-state index contributed by atoms with van der Waals surface area (Å²) in [5, 5.41) is 8.21. The van der Waals surface area contributed by atoms with Crippen molar-refractivity contribution >= 4 is 5.91 Å². The van der Waals surface area contributed by atoms with Crippen molar-refractivity contribution in [1.29, 1.82) is 0 Å². The maximum Gasteiger partial charge on any atom is 0.224 e. The third kappa shape index (κ3) is 3.95. The maximum absolute atomic E-state index is 13.5. The molecule has 5 nitrogen and oxygen atoms in total. The van der Waals surface area contributed by atoms with Gasteiger partial charge in [0.15, 0.2) is 0 Å². The lowest BCUT2D eigenvalue weighted by atomic mass is 9.85. The number of hydrogen-bond acceptors (Lipinski definition) is 4. The molecule has 1 aliphatic rings. The third-order valence-electron chi connectivity index (χ3n) is 5.70. The molecule has 0 radical (unpaired) electrons. The van der Waals surface area contributed by atoms with Gasteiger partial charge in [-0.2, -0.15) is 0 Å². The van der Waals surface area contributed by atoms with Crippen molar-refractivity contribution < 1.29 is 9.21 Å². The standard InChI is InChI=1S/C24H27N3O2/c1-16(2)23-20-12-8-7-11-19(20)13-14-27(23)22(28)15-21(18-9-5-4-6-10-18)24-26-25-17(3)29-24/h4-12,16,21,23H,13-15H2,1-3H3. The molecular formula is C24H27N3O2. The van der Waals surface area contributed by atoms with Crippen LogP contribution in [-0.2, 0) is 11.2 Å². The van der Waals surface area contributed by atoms with Crippen LogP contribution in [0.5, 0.6) is 0 Å².